The van der Waals surface area contributed by atoms with Crippen LogP contribution in [0, 0.1) is 0 Å². The summed E-state index contributed by atoms with van der Waals surface area (Å²) >= 11 is 5.94. The van der Waals surface area contributed by atoms with Crippen LogP contribution in [0.3, 0.4) is 0 Å². The quantitative estimate of drug-likeness (QED) is 0.378. The van der Waals surface area contributed by atoms with E-state index in [4.69, 9.17) is 16.3 Å². The van der Waals surface area contributed by atoms with Crippen molar-refractivity contribution >= 4 is 34.8 Å². The summed E-state index contributed by atoms with van der Waals surface area (Å²) in [5.41, 5.74) is 1.98. The maximum absolute atomic E-state index is 13.3. The Bertz CT molecular complexity index is 1070. The van der Waals surface area contributed by atoms with Crippen LogP contribution in [0.2, 0.25) is 5.02 Å². The highest BCUT2D eigenvalue weighted by atomic mass is 127. The van der Waals surface area contributed by atoms with Crippen LogP contribution in [-0.4, -0.2) is 18.4 Å². The van der Waals surface area contributed by atoms with Gasteiger partial charge in [0.25, 0.3) is 11.8 Å². The van der Waals surface area contributed by atoms with Crippen molar-refractivity contribution in [2.45, 2.75) is 19.5 Å². The number of carbonyl (C=O) groups is 2. The largest absolute Gasteiger partial charge is 1.00 e. The summed E-state index contributed by atoms with van der Waals surface area (Å²) in [7, 11) is 0. The molecule has 160 valence electrons. The van der Waals surface area contributed by atoms with Crippen LogP contribution in [0.4, 0.5) is 11.4 Å². The van der Waals surface area contributed by atoms with Crippen LogP contribution < -0.4 is 43.5 Å². The number of halogens is 2. The number of fused-ring (bicyclic) bond motifs is 1. The highest BCUT2D eigenvalue weighted by Gasteiger charge is 2.43. The molecule has 6 nitrogen and oxygen atoms in total. The van der Waals surface area contributed by atoms with Gasteiger partial charge in [0.1, 0.15) is 5.75 Å². The zero-order chi connectivity index (χ0) is 21.1. The molecule has 0 saturated carbocycles. The summed E-state index contributed by atoms with van der Waals surface area (Å²) in [6.45, 7) is 2.62. The SMILES string of the molecule is CCOc1ccc(N2C(=O)C[n+]3ccccc3C2C(=O)Nc2ccc(Cl)cc2)cc1.[I-]. The number of nitrogens with zero attached hydrogens (tertiary/aromatic N) is 2. The first kappa shape index (κ1) is 23.0. The molecule has 8 heteroatoms. The molecule has 0 spiro atoms. The van der Waals surface area contributed by atoms with Gasteiger partial charge in [0.2, 0.25) is 18.3 Å². The summed E-state index contributed by atoms with van der Waals surface area (Å²) in [5, 5.41) is 3.48. The third-order valence-electron chi connectivity index (χ3n) is 4.87. The number of anilines is 2. The lowest BCUT2D eigenvalue weighted by atomic mass is 10.0. The second-order valence-corrected chi connectivity index (χ2v) is 7.28. The lowest BCUT2D eigenvalue weighted by Gasteiger charge is -2.32. The Morgan fingerprint density at radius 2 is 1.84 bits per heavy atom. The van der Waals surface area contributed by atoms with E-state index in [0.717, 1.165) is 5.69 Å². The van der Waals surface area contributed by atoms with Gasteiger partial charge in [-0.15, -0.1) is 0 Å². The van der Waals surface area contributed by atoms with Gasteiger partial charge in [-0.1, -0.05) is 17.7 Å². The summed E-state index contributed by atoms with van der Waals surface area (Å²) in [6, 6.07) is 18.8. The number of rotatable bonds is 5. The van der Waals surface area contributed by atoms with Crippen LogP contribution >= 0.6 is 11.6 Å². The van der Waals surface area contributed by atoms with Gasteiger partial charge in [0, 0.05) is 28.5 Å². The molecule has 1 aliphatic heterocycles. The predicted octanol–water partition coefficient (Wildman–Crippen LogP) is 0.757. The Labute approximate surface area is 202 Å². The summed E-state index contributed by atoms with van der Waals surface area (Å²) in [6.07, 6.45) is 1.81. The predicted molar refractivity (Wildman–Crippen MR) is 115 cm³/mol. The van der Waals surface area contributed by atoms with E-state index in [2.05, 4.69) is 5.32 Å². The monoisotopic (exact) mass is 549 g/mol. The molecule has 0 fully saturated rings. The highest BCUT2D eigenvalue weighted by Crippen LogP contribution is 2.31. The molecule has 0 bridgehead atoms. The van der Waals surface area contributed by atoms with Crippen molar-refractivity contribution < 1.29 is 42.9 Å². The van der Waals surface area contributed by atoms with Gasteiger partial charge in [0.05, 0.1) is 6.61 Å². The fourth-order valence-electron chi connectivity index (χ4n) is 3.54. The van der Waals surface area contributed by atoms with Gasteiger partial charge >= 0.3 is 0 Å². The molecule has 1 atom stereocenters. The van der Waals surface area contributed by atoms with Crippen molar-refractivity contribution in [1.82, 2.24) is 0 Å². The van der Waals surface area contributed by atoms with E-state index in [1.807, 2.05) is 31.3 Å². The Hall–Kier alpha value is -2.65. The van der Waals surface area contributed by atoms with Crippen LogP contribution in [-0.2, 0) is 16.1 Å². The van der Waals surface area contributed by atoms with E-state index in [1.165, 1.54) is 4.90 Å². The number of hydrogen-bond acceptors (Lipinski definition) is 3. The topological polar surface area (TPSA) is 62.5 Å². The van der Waals surface area contributed by atoms with Crippen molar-refractivity contribution in [3.63, 3.8) is 0 Å². The van der Waals surface area contributed by atoms with Gasteiger partial charge in [0.15, 0.2) is 6.20 Å². The summed E-state index contributed by atoms with van der Waals surface area (Å²) in [4.78, 5) is 27.9. The Balaban J connectivity index is 0.00000272. The first-order chi connectivity index (χ1) is 14.6. The van der Waals surface area contributed by atoms with Crippen molar-refractivity contribution in [2.24, 2.45) is 0 Å². The van der Waals surface area contributed by atoms with E-state index >= 15 is 0 Å². The molecular weight excluding hydrogens is 529 g/mol. The minimum atomic E-state index is -0.818. The van der Waals surface area contributed by atoms with Gasteiger partial charge < -0.3 is 34.0 Å². The maximum Gasteiger partial charge on any atom is 0.294 e. The molecule has 1 aromatic heterocycles. The maximum atomic E-state index is 13.3. The van der Waals surface area contributed by atoms with Crippen molar-refractivity contribution in [2.75, 3.05) is 16.8 Å². The number of pyridine rings is 1. The third-order valence-corrected chi connectivity index (χ3v) is 5.13. The molecule has 2 heterocycles. The molecule has 31 heavy (non-hydrogen) atoms. The molecule has 0 saturated heterocycles. The number of hydrogen-bond donors (Lipinski definition) is 1. The number of benzene rings is 2. The van der Waals surface area contributed by atoms with E-state index in [-0.39, 0.29) is 42.3 Å². The highest BCUT2D eigenvalue weighted by molar-refractivity contribution is 6.30. The molecule has 1 aliphatic rings. The normalized spacial score (nSPS) is 15.0. The number of ether oxygens (including phenoxy) is 1. The summed E-state index contributed by atoms with van der Waals surface area (Å²) in [5.74, 6) is 0.237. The van der Waals surface area contributed by atoms with Crippen LogP contribution in [0.5, 0.6) is 5.75 Å². The van der Waals surface area contributed by atoms with Crippen LogP contribution in [0.1, 0.15) is 18.7 Å². The molecule has 1 N–H and O–H groups in total. The zero-order valence-electron chi connectivity index (χ0n) is 16.8. The first-order valence-corrected chi connectivity index (χ1v) is 10.0. The summed E-state index contributed by atoms with van der Waals surface area (Å²) < 4.78 is 7.30. The zero-order valence-corrected chi connectivity index (χ0v) is 19.7. The first-order valence-electron chi connectivity index (χ1n) is 9.66. The standard InChI is InChI=1S/C23H20ClN3O3.HI/c1-2-30-19-12-10-18(11-13-19)27-21(28)15-26-14-4-3-5-20(26)22(27)23(29)25-17-8-6-16(24)7-9-17;/h3-14,22H,2,15H2,1H3;1H. The van der Waals surface area contributed by atoms with E-state index in [9.17, 15) is 9.59 Å². The van der Waals surface area contributed by atoms with E-state index in [1.54, 1.807) is 53.1 Å². The number of amides is 2. The van der Waals surface area contributed by atoms with Gasteiger partial charge in [-0.05, 0) is 55.5 Å². The van der Waals surface area contributed by atoms with Crippen LogP contribution in [0.25, 0.3) is 0 Å². The van der Waals surface area contributed by atoms with Crippen LogP contribution in [0.15, 0.2) is 72.9 Å². The molecule has 2 aromatic carbocycles. The minimum Gasteiger partial charge on any atom is -1.00 e. The second-order valence-electron chi connectivity index (χ2n) is 6.84. The Kier molecular flexibility index (Phi) is 7.50. The average Bonchev–Trinajstić information content (AvgIpc) is 2.75. The fourth-order valence-corrected chi connectivity index (χ4v) is 3.66. The van der Waals surface area contributed by atoms with Crippen molar-refractivity contribution in [3.05, 3.63) is 83.6 Å². The minimum absolute atomic E-state index is 0. The molecular formula is C23H21ClIN3O3. The number of carbonyl (C=O) groups excluding carboxylic acids is 2. The molecule has 3 aromatic rings. The Morgan fingerprint density at radius 1 is 1.13 bits per heavy atom. The average molecular weight is 550 g/mol. The van der Waals surface area contributed by atoms with E-state index in [0.29, 0.717) is 28.8 Å². The third kappa shape index (κ3) is 4.99. The number of aromatic nitrogens is 1. The molecule has 0 aliphatic carbocycles. The lowest BCUT2D eigenvalue weighted by Crippen LogP contribution is -3.00. The smallest absolute Gasteiger partial charge is 0.294 e. The molecule has 4 rings (SSSR count). The fraction of sp³-hybridized carbons (Fsp3) is 0.174. The Morgan fingerprint density at radius 3 is 2.52 bits per heavy atom. The van der Waals surface area contributed by atoms with E-state index < -0.39 is 6.04 Å². The van der Waals surface area contributed by atoms with Gasteiger partial charge in [-0.3, -0.25) is 14.5 Å². The van der Waals surface area contributed by atoms with Crippen molar-refractivity contribution in [3.8, 4) is 5.75 Å². The lowest BCUT2D eigenvalue weighted by molar-refractivity contribution is -0.695. The number of nitrogens with one attached hydrogen (secondary N) is 1. The molecule has 0 radical (unpaired) electrons. The van der Waals surface area contributed by atoms with Gasteiger partial charge in [-0.25, -0.2) is 0 Å². The second kappa shape index (κ2) is 10.1. The molecule has 2 amide bonds. The van der Waals surface area contributed by atoms with Gasteiger partial charge in [-0.2, -0.15) is 4.57 Å². The van der Waals surface area contributed by atoms with Crippen molar-refractivity contribution in [1.29, 1.82) is 0 Å². The molecule has 1 unspecified atom stereocenters.